The molecule has 1 saturated heterocycles. The van der Waals surface area contributed by atoms with Crippen molar-refractivity contribution in [2.75, 3.05) is 26.9 Å². The quantitative estimate of drug-likeness (QED) is 0.812. The first-order valence-electron chi connectivity index (χ1n) is 6.51. The van der Waals surface area contributed by atoms with Gasteiger partial charge >= 0.3 is 0 Å². The van der Waals surface area contributed by atoms with Crippen LogP contribution in [0.5, 0.6) is 0 Å². The van der Waals surface area contributed by atoms with Gasteiger partial charge in [0, 0.05) is 32.9 Å². The summed E-state index contributed by atoms with van der Waals surface area (Å²) < 4.78 is 12.5. The third-order valence-electron chi connectivity index (χ3n) is 3.28. The lowest BCUT2D eigenvalue weighted by atomic mass is 10.1. The van der Waals surface area contributed by atoms with Crippen molar-refractivity contribution in [3.05, 3.63) is 12.2 Å². The molecule has 2 heterocycles. The van der Waals surface area contributed by atoms with Crippen LogP contribution in [0.25, 0.3) is 0 Å². The Morgan fingerprint density at radius 3 is 3.06 bits per heavy atom. The molecule has 1 fully saturated rings. The summed E-state index contributed by atoms with van der Waals surface area (Å²) >= 11 is 0. The Balaban J connectivity index is 1.90. The molecule has 0 aromatic carbocycles. The topological polar surface area (TPSA) is 61.2 Å². The zero-order valence-electron chi connectivity index (χ0n) is 11.1. The summed E-state index contributed by atoms with van der Waals surface area (Å²) in [5.41, 5.74) is 0. The van der Waals surface area contributed by atoms with Gasteiger partial charge in [0.05, 0.1) is 12.6 Å². The highest BCUT2D eigenvalue weighted by Crippen LogP contribution is 2.14. The SMILES string of the molecule is COCCn1cnnc1C(C)NC1CCOCC1. The standard InChI is InChI=1S/C12H22N4O2/c1-10(14-11-3-6-18-7-4-11)12-15-13-9-16(12)5-8-17-2/h9-11,14H,3-8H2,1-2H3. The maximum absolute atomic E-state index is 5.36. The van der Waals surface area contributed by atoms with Gasteiger partial charge in [0.1, 0.15) is 12.2 Å². The monoisotopic (exact) mass is 254 g/mol. The molecule has 6 nitrogen and oxygen atoms in total. The molecule has 0 amide bonds. The smallest absolute Gasteiger partial charge is 0.149 e. The van der Waals surface area contributed by atoms with E-state index in [1.54, 1.807) is 13.4 Å². The summed E-state index contributed by atoms with van der Waals surface area (Å²) in [4.78, 5) is 0. The van der Waals surface area contributed by atoms with Crippen LogP contribution in [-0.2, 0) is 16.0 Å². The molecule has 1 aliphatic rings. The minimum Gasteiger partial charge on any atom is -0.383 e. The summed E-state index contributed by atoms with van der Waals surface area (Å²) in [7, 11) is 1.70. The predicted molar refractivity (Wildman–Crippen MR) is 67.3 cm³/mol. The maximum Gasteiger partial charge on any atom is 0.149 e. The Kier molecular flexibility index (Phi) is 5.10. The number of methoxy groups -OCH3 is 1. The van der Waals surface area contributed by atoms with Gasteiger partial charge in [-0.15, -0.1) is 10.2 Å². The van der Waals surface area contributed by atoms with E-state index in [1.807, 2.05) is 4.57 Å². The Bertz CT molecular complexity index is 350. The van der Waals surface area contributed by atoms with Crippen molar-refractivity contribution in [2.24, 2.45) is 0 Å². The van der Waals surface area contributed by atoms with Crippen LogP contribution in [0.15, 0.2) is 6.33 Å². The zero-order chi connectivity index (χ0) is 12.8. The molecule has 18 heavy (non-hydrogen) atoms. The lowest BCUT2D eigenvalue weighted by Gasteiger charge is -2.26. The number of rotatable bonds is 6. The first-order chi connectivity index (χ1) is 8.81. The Labute approximate surface area is 108 Å². The third-order valence-corrected chi connectivity index (χ3v) is 3.28. The second-order valence-electron chi connectivity index (χ2n) is 4.65. The molecule has 1 aliphatic heterocycles. The molecule has 0 spiro atoms. The van der Waals surface area contributed by atoms with Gasteiger partial charge in [-0.2, -0.15) is 0 Å². The molecule has 102 valence electrons. The average Bonchev–Trinajstić information content (AvgIpc) is 2.86. The highest BCUT2D eigenvalue weighted by atomic mass is 16.5. The maximum atomic E-state index is 5.36. The second-order valence-corrected chi connectivity index (χ2v) is 4.65. The number of aromatic nitrogens is 3. The van der Waals surface area contributed by atoms with Crippen LogP contribution >= 0.6 is 0 Å². The van der Waals surface area contributed by atoms with E-state index in [-0.39, 0.29) is 6.04 Å². The van der Waals surface area contributed by atoms with E-state index in [0.717, 1.165) is 38.4 Å². The van der Waals surface area contributed by atoms with Crippen LogP contribution in [0.1, 0.15) is 31.6 Å². The van der Waals surface area contributed by atoms with E-state index in [1.165, 1.54) is 0 Å². The molecule has 1 N–H and O–H groups in total. The van der Waals surface area contributed by atoms with Gasteiger partial charge in [0.25, 0.3) is 0 Å². The predicted octanol–water partition coefficient (Wildman–Crippen LogP) is 0.754. The van der Waals surface area contributed by atoms with Crippen molar-refractivity contribution in [1.29, 1.82) is 0 Å². The Morgan fingerprint density at radius 2 is 2.33 bits per heavy atom. The minimum atomic E-state index is 0.201. The molecule has 0 radical (unpaired) electrons. The molecule has 0 aliphatic carbocycles. The van der Waals surface area contributed by atoms with Gasteiger partial charge in [0.15, 0.2) is 0 Å². The summed E-state index contributed by atoms with van der Waals surface area (Å²) in [6, 6.07) is 0.716. The normalized spacial score (nSPS) is 19.0. The summed E-state index contributed by atoms with van der Waals surface area (Å²) in [5, 5.41) is 11.8. The van der Waals surface area contributed by atoms with E-state index in [0.29, 0.717) is 12.6 Å². The van der Waals surface area contributed by atoms with Crippen LogP contribution in [-0.4, -0.2) is 47.7 Å². The van der Waals surface area contributed by atoms with Crippen LogP contribution in [0.4, 0.5) is 0 Å². The van der Waals surface area contributed by atoms with E-state index >= 15 is 0 Å². The summed E-state index contributed by atoms with van der Waals surface area (Å²) in [6.07, 6.45) is 3.89. The lowest BCUT2D eigenvalue weighted by Crippen LogP contribution is -2.37. The van der Waals surface area contributed by atoms with Crippen LogP contribution in [0, 0.1) is 0 Å². The summed E-state index contributed by atoms with van der Waals surface area (Å²) in [6.45, 7) is 5.29. The van der Waals surface area contributed by atoms with Crippen molar-refractivity contribution < 1.29 is 9.47 Å². The van der Waals surface area contributed by atoms with Crippen LogP contribution < -0.4 is 5.32 Å². The fraction of sp³-hybridized carbons (Fsp3) is 0.833. The molecular formula is C12H22N4O2. The highest BCUT2D eigenvalue weighted by Gasteiger charge is 2.19. The zero-order valence-corrected chi connectivity index (χ0v) is 11.1. The largest absolute Gasteiger partial charge is 0.383 e. The van der Waals surface area contributed by atoms with Crippen molar-refractivity contribution in [3.8, 4) is 0 Å². The third kappa shape index (κ3) is 3.51. The number of ether oxygens (including phenoxy) is 2. The van der Waals surface area contributed by atoms with Gasteiger partial charge in [-0.05, 0) is 19.8 Å². The minimum absolute atomic E-state index is 0.201. The van der Waals surface area contributed by atoms with E-state index in [4.69, 9.17) is 9.47 Å². The van der Waals surface area contributed by atoms with Gasteiger partial charge in [-0.25, -0.2) is 0 Å². The molecule has 0 bridgehead atoms. The van der Waals surface area contributed by atoms with Crippen molar-refractivity contribution in [1.82, 2.24) is 20.1 Å². The first-order valence-corrected chi connectivity index (χ1v) is 6.51. The number of nitrogens with one attached hydrogen (secondary N) is 1. The Morgan fingerprint density at radius 1 is 1.56 bits per heavy atom. The average molecular weight is 254 g/mol. The fourth-order valence-corrected chi connectivity index (χ4v) is 2.25. The van der Waals surface area contributed by atoms with Crippen LogP contribution in [0.2, 0.25) is 0 Å². The number of hydrogen-bond donors (Lipinski definition) is 1. The van der Waals surface area contributed by atoms with Crippen LogP contribution in [0.3, 0.4) is 0 Å². The molecule has 1 atom stereocenters. The molecule has 1 unspecified atom stereocenters. The molecule has 0 saturated carbocycles. The number of nitrogens with zero attached hydrogens (tertiary/aromatic N) is 3. The molecule has 6 heteroatoms. The van der Waals surface area contributed by atoms with Gasteiger partial charge in [-0.3, -0.25) is 0 Å². The molecule has 1 aromatic heterocycles. The number of hydrogen-bond acceptors (Lipinski definition) is 5. The van der Waals surface area contributed by atoms with Gasteiger partial charge in [-0.1, -0.05) is 0 Å². The second kappa shape index (κ2) is 6.82. The van der Waals surface area contributed by atoms with Crippen molar-refractivity contribution >= 4 is 0 Å². The van der Waals surface area contributed by atoms with E-state index in [9.17, 15) is 0 Å². The van der Waals surface area contributed by atoms with Gasteiger partial charge < -0.3 is 19.4 Å². The summed E-state index contributed by atoms with van der Waals surface area (Å²) in [5.74, 6) is 0.971. The molecule has 2 rings (SSSR count). The first kappa shape index (κ1) is 13.5. The van der Waals surface area contributed by atoms with E-state index < -0.39 is 0 Å². The fourth-order valence-electron chi connectivity index (χ4n) is 2.25. The lowest BCUT2D eigenvalue weighted by molar-refractivity contribution is 0.0749. The van der Waals surface area contributed by atoms with E-state index in [2.05, 4.69) is 22.4 Å². The highest BCUT2D eigenvalue weighted by molar-refractivity contribution is 4.94. The van der Waals surface area contributed by atoms with Crippen molar-refractivity contribution in [2.45, 2.75) is 38.4 Å². The molecule has 1 aromatic rings. The van der Waals surface area contributed by atoms with Crippen molar-refractivity contribution in [3.63, 3.8) is 0 Å². The van der Waals surface area contributed by atoms with Gasteiger partial charge in [0.2, 0.25) is 0 Å². The molecular weight excluding hydrogens is 232 g/mol. The Hall–Kier alpha value is -0.980.